The van der Waals surface area contributed by atoms with Crippen molar-refractivity contribution < 1.29 is 13.5 Å². The topological polar surface area (TPSA) is 62.5 Å². The van der Waals surface area contributed by atoms with E-state index in [-0.39, 0.29) is 18.0 Å². The summed E-state index contributed by atoms with van der Waals surface area (Å²) in [6, 6.07) is 27.8. The number of anilines is 1. The lowest BCUT2D eigenvalue weighted by molar-refractivity contribution is 0.166. The number of rotatable bonds is 7. The standard InChI is InChI=1S/C29H27ClN2O3S/c1-20-11-16-27(21(2)17-20)32(36(34,35)24-14-12-22(30)13-15-24)19-23(33)18-31-28-9-5-3-7-25(28)26-8-4-6-10-29(26)31/h3-17,23,33H,18-19H2,1-2H3. The molecule has 5 nitrogen and oxygen atoms in total. The zero-order chi connectivity index (χ0) is 25.4. The predicted octanol–water partition coefficient (Wildman–Crippen LogP) is 6.32. The van der Waals surface area contributed by atoms with Gasteiger partial charge in [0.2, 0.25) is 0 Å². The number of fused-ring (bicyclic) bond motifs is 3. The molecular formula is C29H27ClN2O3S. The SMILES string of the molecule is Cc1ccc(N(CC(O)Cn2c3ccccc3c3ccccc32)S(=O)(=O)c2ccc(Cl)cc2)c(C)c1. The van der Waals surface area contributed by atoms with Gasteiger partial charge in [0.15, 0.2) is 0 Å². The number of hydrogen-bond acceptors (Lipinski definition) is 3. The van der Waals surface area contributed by atoms with E-state index in [1.807, 2.05) is 62.4 Å². The molecule has 0 aliphatic heterocycles. The summed E-state index contributed by atoms with van der Waals surface area (Å²) < 4.78 is 31.0. The molecule has 0 spiro atoms. The Morgan fingerprint density at radius 2 is 1.44 bits per heavy atom. The summed E-state index contributed by atoms with van der Waals surface area (Å²) in [7, 11) is -3.96. The van der Waals surface area contributed by atoms with Crippen LogP contribution in [0.3, 0.4) is 0 Å². The zero-order valence-electron chi connectivity index (χ0n) is 20.1. The second kappa shape index (κ2) is 9.62. The van der Waals surface area contributed by atoms with Crippen LogP contribution in [0, 0.1) is 13.8 Å². The van der Waals surface area contributed by atoms with E-state index < -0.39 is 16.1 Å². The third-order valence-electron chi connectivity index (χ3n) is 6.47. The Hall–Kier alpha value is -3.32. The first kappa shape index (κ1) is 24.4. The van der Waals surface area contributed by atoms with E-state index >= 15 is 0 Å². The molecule has 0 saturated heterocycles. The highest BCUT2D eigenvalue weighted by Gasteiger charge is 2.29. The molecule has 36 heavy (non-hydrogen) atoms. The molecule has 1 atom stereocenters. The van der Waals surface area contributed by atoms with E-state index in [0.29, 0.717) is 10.7 Å². The van der Waals surface area contributed by atoms with E-state index in [0.717, 1.165) is 32.9 Å². The van der Waals surface area contributed by atoms with Gasteiger partial charge in [-0.15, -0.1) is 0 Å². The van der Waals surface area contributed by atoms with Crippen LogP contribution in [0.25, 0.3) is 21.8 Å². The largest absolute Gasteiger partial charge is 0.389 e. The van der Waals surface area contributed by atoms with Crippen molar-refractivity contribution >= 4 is 49.1 Å². The molecule has 1 heterocycles. The van der Waals surface area contributed by atoms with Gasteiger partial charge >= 0.3 is 0 Å². The smallest absolute Gasteiger partial charge is 0.264 e. The van der Waals surface area contributed by atoms with E-state index in [1.165, 1.54) is 16.4 Å². The van der Waals surface area contributed by atoms with Crippen molar-refractivity contribution in [1.82, 2.24) is 4.57 Å². The van der Waals surface area contributed by atoms with E-state index in [4.69, 9.17) is 11.6 Å². The lowest BCUT2D eigenvalue weighted by Crippen LogP contribution is -2.39. The molecule has 0 bridgehead atoms. The maximum Gasteiger partial charge on any atom is 0.264 e. The summed E-state index contributed by atoms with van der Waals surface area (Å²) in [4.78, 5) is 0.121. The summed E-state index contributed by atoms with van der Waals surface area (Å²) in [6.45, 7) is 3.99. The fraction of sp³-hybridized carbons (Fsp3) is 0.172. The number of para-hydroxylation sites is 2. The monoisotopic (exact) mass is 518 g/mol. The second-order valence-electron chi connectivity index (χ2n) is 9.08. The maximum atomic E-state index is 13.8. The third-order valence-corrected chi connectivity index (χ3v) is 8.52. The highest BCUT2D eigenvalue weighted by Crippen LogP contribution is 2.31. The minimum Gasteiger partial charge on any atom is -0.389 e. The molecule has 1 unspecified atom stereocenters. The van der Waals surface area contributed by atoms with Crippen LogP contribution in [0.15, 0.2) is 95.9 Å². The van der Waals surface area contributed by atoms with E-state index in [2.05, 4.69) is 16.7 Å². The van der Waals surface area contributed by atoms with Gasteiger partial charge in [0.05, 0.1) is 29.8 Å². The molecule has 0 saturated carbocycles. The Morgan fingerprint density at radius 3 is 2.03 bits per heavy atom. The number of aromatic nitrogens is 1. The minimum atomic E-state index is -3.96. The highest BCUT2D eigenvalue weighted by atomic mass is 35.5. The lowest BCUT2D eigenvalue weighted by atomic mass is 10.1. The summed E-state index contributed by atoms with van der Waals surface area (Å²) in [5.74, 6) is 0. The van der Waals surface area contributed by atoms with Crippen molar-refractivity contribution in [2.75, 3.05) is 10.8 Å². The van der Waals surface area contributed by atoms with Gasteiger partial charge in [-0.05, 0) is 61.9 Å². The van der Waals surface area contributed by atoms with Crippen molar-refractivity contribution in [2.45, 2.75) is 31.4 Å². The van der Waals surface area contributed by atoms with Gasteiger partial charge in [0.1, 0.15) is 0 Å². The average molecular weight is 519 g/mol. The van der Waals surface area contributed by atoms with Gasteiger partial charge in [0.25, 0.3) is 10.0 Å². The van der Waals surface area contributed by atoms with Crippen LogP contribution in [-0.2, 0) is 16.6 Å². The molecule has 1 N–H and O–H groups in total. The van der Waals surface area contributed by atoms with Crippen molar-refractivity contribution in [3.05, 3.63) is 107 Å². The van der Waals surface area contributed by atoms with Crippen LogP contribution in [0.4, 0.5) is 5.69 Å². The molecule has 0 aliphatic carbocycles. The van der Waals surface area contributed by atoms with Crippen LogP contribution >= 0.6 is 11.6 Å². The van der Waals surface area contributed by atoms with Gasteiger partial charge in [-0.1, -0.05) is 65.7 Å². The zero-order valence-corrected chi connectivity index (χ0v) is 21.7. The summed E-state index contributed by atoms with van der Waals surface area (Å²) in [5, 5.41) is 14.0. The molecule has 7 heteroatoms. The van der Waals surface area contributed by atoms with Gasteiger partial charge in [-0.3, -0.25) is 4.31 Å². The minimum absolute atomic E-state index is 0.101. The van der Waals surface area contributed by atoms with Crippen molar-refractivity contribution in [3.63, 3.8) is 0 Å². The van der Waals surface area contributed by atoms with Gasteiger partial charge < -0.3 is 9.67 Å². The Bertz CT molecular complexity index is 1610. The molecule has 184 valence electrons. The van der Waals surface area contributed by atoms with Crippen LogP contribution in [0.1, 0.15) is 11.1 Å². The number of benzene rings is 4. The second-order valence-corrected chi connectivity index (χ2v) is 11.4. The third kappa shape index (κ3) is 4.48. The number of aliphatic hydroxyl groups excluding tert-OH is 1. The van der Waals surface area contributed by atoms with Crippen LogP contribution in [0.2, 0.25) is 5.02 Å². The van der Waals surface area contributed by atoms with Gasteiger partial charge in [-0.2, -0.15) is 0 Å². The number of nitrogens with zero attached hydrogens (tertiary/aromatic N) is 2. The van der Waals surface area contributed by atoms with Gasteiger partial charge in [0, 0.05) is 26.8 Å². The average Bonchev–Trinajstić information content (AvgIpc) is 3.17. The highest BCUT2D eigenvalue weighted by molar-refractivity contribution is 7.92. The number of aliphatic hydroxyl groups is 1. The van der Waals surface area contributed by atoms with E-state index in [1.54, 1.807) is 18.2 Å². The first-order chi connectivity index (χ1) is 17.3. The molecular weight excluding hydrogens is 492 g/mol. The molecule has 5 rings (SSSR count). The number of sulfonamides is 1. The number of aryl methyl sites for hydroxylation is 2. The summed E-state index contributed by atoms with van der Waals surface area (Å²) in [5.41, 5.74) is 4.38. The van der Waals surface area contributed by atoms with Crippen LogP contribution in [-0.4, -0.2) is 30.7 Å². The first-order valence-corrected chi connectivity index (χ1v) is 13.6. The Morgan fingerprint density at radius 1 is 0.861 bits per heavy atom. The lowest BCUT2D eigenvalue weighted by Gasteiger charge is -2.29. The molecule has 0 aliphatic rings. The quantitative estimate of drug-likeness (QED) is 0.274. The molecule has 4 aromatic carbocycles. The number of halogens is 1. The summed E-state index contributed by atoms with van der Waals surface area (Å²) in [6.07, 6.45) is -0.966. The molecule has 1 aromatic heterocycles. The predicted molar refractivity (Wildman–Crippen MR) is 147 cm³/mol. The Labute approximate surface area is 216 Å². The Kier molecular flexibility index (Phi) is 6.51. The fourth-order valence-corrected chi connectivity index (χ4v) is 6.50. The molecule has 0 radical (unpaired) electrons. The normalized spacial score (nSPS) is 12.8. The van der Waals surface area contributed by atoms with Crippen LogP contribution < -0.4 is 4.31 Å². The summed E-state index contributed by atoms with van der Waals surface area (Å²) >= 11 is 6.01. The Balaban J connectivity index is 1.55. The maximum absolute atomic E-state index is 13.8. The number of hydrogen-bond donors (Lipinski definition) is 1. The molecule has 0 fully saturated rings. The van der Waals surface area contributed by atoms with Crippen molar-refractivity contribution in [3.8, 4) is 0 Å². The van der Waals surface area contributed by atoms with Gasteiger partial charge in [-0.25, -0.2) is 8.42 Å². The van der Waals surface area contributed by atoms with Crippen molar-refractivity contribution in [2.24, 2.45) is 0 Å². The molecule has 5 aromatic rings. The van der Waals surface area contributed by atoms with Crippen LogP contribution in [0.5, 0.6) is 0 Å². The van der Waals surface area contributed by atoms with E-state index in [9.17, 15) is 13.5 Å². The first-order valence-electron chi connectivity index (χ1n) is 11.8. The fourth-order valence-electron chi connectivity index (χ4n) is 4.80. The molecule has 0 amide bonds. The van der Waals surface area contributed by atoms with Crippen molar-refractivity contribution in [1.29, 1.82) is 0 Å².